The van der Waals surface area contributed by atoms with Crippen LogP contribution >= 0.6 is 23.1 Å². The van der Waals surface area contributed by atoms with Crippen molar-refractivity contribution in [1.29, 1.82) is 0 Å². The van der Waals surface area contributed by atoms with E-state index in [1.807, 2.05) is 5.38 Å². The fraction of sp³-hybridized carbons (Fsp3) is 0.667. The summed E-state index contributed by atoms with van der Waals surface area (Å²) in [6, 6.07) is 0. The normalized spacial score (nSPS) is 21.6. The van der Waals surface area contributed by atoms with E-state index < -0.39 is 4.93 Å². The molecule has 1 aromatic rings. The summed E-state index contributed by atoms with van der Waals surface area (Å²) in [6.45, 7) is 0. The Morgan fingerprint density at radius 1 is 1.38 bits per heavy atom. The van der Waals surface area contributed by atoms with Gasteiger partial charge >= 0.3 is 0 Å². The molecule has 13 heavy (non-hydrogen) atoms. The molecule has 0 amide bonds. The second kappa shape index (κ2) is 3.98. The van der Waals surface area contributed by atoms with E-state index in [0.29, 0.717) is 0 Å². The van der Waals surface area contributed by atoms with Gasteiger partial charge in [-0.3, -0.25) is 0 Å². The lowest BCUT2D eigenvalue weighted by Crippen LogP contribution is -2.26. The van der Waals surface area contributed by atoms with E-state index in [-0.39, 0.29) is 0 Å². The van der Waals surface area contributed by atoms with Crippen LogP contribution in [0.4, 0.5) is 0 Å². The van der Waals surface area contributed by atoms with Crippen molar-refractivity contribution in [2.75, 3.05) is 0 Å². The molecular formula is C9H13NOS2. The second-order valence-electron chi connectivity index (χ2n) is 3.41. The van der Waals surface area contributed by atoms with Crippen LogP contribution in [0, 0.1) is 0 Å². The first-order chi connectivity index (χ1) is 6.29. The van der Waals surface area contributed by atoms with Gasteiger partial charge in [0.25, 0.3) is 0 Å². The molecule has 1 aliphatic rings. The Balaban J connectivity index is 1.99. The first-order valence-corrected chi connectivity index (χ1v) is 6.29. The molecule has 0 aliphatic heterocycles. The Bertz CT molecular complexity index is 255. The first-order valence-electron chi connectivity index (χ1n) is 4.59. The van der Waals surface area contributed by atoms with Gasteiger partial charge in [0, 0.05) is 11.6 Å². The molecule has 0 atom stereocenters. The SMILES string of the molecule is OC1(Sc2nccs2)CCCCC1. The third-order valence-electron chi connectivity index (χ3n) is 2.32. The lowest BCUT2D eigenvalue weighted by molar-refractivity contribution is 0.0945. The van der Waals surface area contributed by atoms with E-state index in [0.717, 1.165) is 30.0 Å². The average molecular weight is 215 g/mol. The number of nitrogens with zero attached hydrogens (tertiary/aromatic N) is 1. The van der Waals surface area contributed by atoms with Crippen molar-refractivity contribution in [3.05, 3.63) is 11.6 Å². The van der Waals surface area contributed by atoms with Crippen molar-refractivity contribution in [2.24, 2.45) is 0 Å². The van der Waals surface area contributed by atoms with Crippen LogP contribution in [-0.4, -0.2) is 15.0 Å². The Morgan fingerprint density at radius 2 is 2.15 bits per heavy atom. The molecule has 0 spiro atoms. The number of aliphatic hydroxyl groups is 1. The van der Waals surface area contributed by atoms with Gasteiger partial charge in [-0.25, -0.2) is 4.98 Å². The van der Waals surface area contributed by atoms with Crippen molar-refractivity contribution in [3.63, 3.8) is 0 Å². The van der Waals surface area contributed by atoms with Gasteiger partial charge in [0.05, 0.1) is 0 Å². The zero-order chi connectivity index (χ0) is 9.15. The Morgan fingerprint density at radius 3 is 2.77 bits per heavy atom. The second-order valence-corrected chi connectivity index (χ2v) is 5.91. The summed E-state index contributed by atoms with van der Waals surface area (Å²) in [5, 5.41) is 12.1. The van der Waals surface area contributed by atoms with E-state index in [1.54, 1.807) is 17.5 Å². The summed E-state index contributed by atoms with van der Waals surface area (Å²) in [5.41, 5.74) is 0. The van der Waals surface area contributed by atoms with E-state index >= 15 is 0 Å². The third-order valence-corrected chi connectivity index (χ3v) is 4.49. The number of hydrogen-bond acceptors (Lipinski definition) is 4. The number of thiazole rings is 1. The molecule has 1 fully saturated rings. The zero-order valence-corrected chi connectivity index (χ0v) is 9.03. The molecule has 0 saturated heterocycles. The summed E-state index contributed by atoms with van der Waals surface area (Å²) in [6.07, 6.45) is 7.18. The fourth-order valence-electron chi connectivity index (χ4n) is 1.63. The summed E-state index contributed by atoms with van der Waals surface area (Å²) < 4.78 is 0.990. The molecule has 2 nitrogen and oxygen atoms in total. The maximum atomic E-state index is 10.2. The number of hydrogen-bond donors (Lipinski definition) is 1. The van der Waals surface area contributed by atoms with Crippen molar-refractivity contribution >= 4 is 23.1 Å². The molecule has 0 unspecified atom stereocenters. The zero-order valence-electron chi connectivity index (χ0n) is 7.40. The summed E-state index contributed by atoms with van der Waals surface area (Å²) in [4.78, 5) is 3.65. The van der Waals surface area contributed by atoms with Crippen LogP contribution in [-0.2, 0) is 0 Å². The van der Waals surface area contributed by atoms with Crippen LogP contribution in [0.15, 0.2) is 15.9 Å². The summed E-state index contributed by atoms with van der Waals surface area (Å²) >= 11 is 3.14. The summed E-state index contributed by atoms with van der Waals surface area (Å²) in [5.74, 6) is 0. The lowest BCUT2D eigenvalue weighted by Gasteiger charge is -2.30. The van der Waals surface area contributed by atoms with Crippen LogP contribution in [0.1, 0.15) is 32.1 Å². The van der Waals surface area contributed by atoms with Gasteiger partial charge in [-0.1, -0.05) is 18.2 Å². The molecule has 1 heterocycles. The van der Waals surface area contributed by atoms with Gasteiger partial charge in [-0.2, -0.15) is 0 Å². The number of aromatic nitrogens is 1. The van der Waals surface area contributed by atoms with Crippen LogP contribution in [0.25, 0.3) is 0 Å². The highest BCUT2D eigenvalue weighted by Gasteiger charge is 2.30. The molecule has 72 valence electrons. The Kier molecular flexibility index (Phi) is 2.91. The van der Waals surface area contributed by atoms with Crippen LogP contribution in [0.2, 0.25) is 0 Å². The minimum Gasteiger partial charge on any atom is -0.379 e. The van der Waals surface area contributed by atoms with Gasteiger partial charge in [0.1, 0.15) is 4.93 Å². The lowest BCUT2D eigenvalue weighted by atomic mass is 9.97. The predicted octanol–water partition coefficient (Wildman–Crippen LogP) is 2.89. The standard InChI is InChI=1S/C9H13NOS2/c11-9(4-2-1-3-5-9)13-8-10-6-7-12-8/h6-7,11H,1-5H2. The quantitative estimate of drug-likeness (QED) is 0.770. The fourth-order valence-corrected chi connectivity index (χ4v) is 3.75. The van der Waals surface area contributed by atoms with Gasteiger partial charge in [0.2, 0.25) is 0 Å². The molecule has 1 aromatic heterocycles. The Labute approximate surface area is 86.4 Å². The van der Waals surface area contributed by atoms with E-state index in [9.17, 15) is 5.11 Å². The van der Waals surface area contributed by atoms with Crippen molar-refractivity contribution in [3.8, 4) is 0 Å². The third kappa shape index (κ3) is 2.45. The molecular weight excluding hydrogens is 202 g/mol. The van der Waals surface area contributed by atoms with Crippen molar-refractivity contribution < 1.29 is 5.11 Å². The largest absolute Gasteiger partial charge is 0.379 e. The molecule has 1 saturated carbocycles. The number of thioether (sulfide) groups is 1. The van der Waals surface area contributed by atoms with Gasteiger partial charge in [-0.15, -0.1) is 11.3 Å². The van der Waals surface area contributed by atoms with Crippen molar-refractivity contribution in [1.82, 2.24) is 4.98 Å². The van der Waals surface area contributed by atoms with Crippen LogP contribution in [0.5, 0.6) is 0 Å². The highest BCUT2D eigenvalue weighted by Crippen LogP contribution is 2.42. The average Bonchev–Trinajstić information content (AvgIpc) is 2.57. The van der Waals surface area contributed by atoms with Gasteiger partial charge in [-0.05, 0) is 25.7 Å². The molecule has 2 rings (SSSR count). The monoisotopic (exact) mass is 215 g/mol. The van der Waals surface area contributed by atoms with E-state index in [2.05, 4.69) is 4.98 Å². The van der Waals surface area contributed by atoms with E-state index in [4.69, 9.17) is 0 Å². The molecule has 1 N–H and O–H groups in total. The van der Waals surface area contributed by atoms with E-state index in [1.165, 1.54) is 18.2 Å². The smallest absolute Gasteiger partial charge is 0.152 e. The predicted molar refractivity (Wildman–Crippen MR) is 56.0 cm³/mol. The highest BCUT2D eigenvalue weighted by molar-refractivity contribution is 8.02. The maximum Gasteiger partial charge on any atom is 0.152 e. The minimum atomic E-state index is -0.532. The number of rotatable bonds is 2. The molecule has 1 aliphatic carbocycles. The van der Waals surface area contributed by atoms with Crippen LogP contribution in [0.3, 0.4) is 0 Å². The maximum absolute atomic E-state index is 10.2. The topological polar surface area (TPSA) is 33.1 Å². The molecule has 0 bridgehead atoms. The molecule has 0 radical (unpaired) electrons. The molecule has 0 aromatic carbocycles. The molecule has 4 heteroatoms. The van der Waals surface area contributed by atoms with Crippen LogP contribution < -0.4 is 0 Å². The highest BCUT2D eigenvalue weighted by atomic mass is 32.2. The Hall–Kier alpha value is -0.0600. The summed E-state index contributed by atoms with van der Waals surface area (Å²) in [7, 11) is 0. The van der Waals surface area contributed by atoms with Gasteiger partial charge in [0.15, 0.2) is 4.34 Å². The minimum absolute atomic E-state index is 0.532. The first kappa shape index (κ1) is 9.49. The van der Waals surface area contributed by atoms with Gasteiger partial charge < -0.3 is 5.11 Å². The van der Waals surface area contributed by atoms with Crippen molar-refractivity contribution in [2.45, 2.75) is 41.4 Å².